The fourth-order valence-corrected chi connectivity index (χ4v) is 5.54. The van der Waals surface area contributed by atoms with Crippen LogP contribution in [0.2, 0.25) is 0 Å². The fraction of sp³-hybridized carbons (Fsp3) is 0.400. The summed E-state index contributed by atoms with van der Waals surface area (Å²) in [7, 11) is -3.10. The van der Waals surface area contributed by atoms with Gasteiger partial charge in [0.1, 0.15) is 18.2 Å². The van der Waals surface area contributed by atoms with Gasteiger partial charge in [-0.1, -0.05) is 76.6 Å². The molecule has 3 atom stereocenters. The Labute approximate surface area is 209 Å². The zero-order valence-corrected chi connectivity index (χ0v) is 22.8. The van der Waals surface area contributed by atoms with E-state index in [4.69, 9.17) is 4.74 Å². The van der Waals surface area contributed by atoms with Gasteiger partial charge in [-0.25, -0.2) is 4.39 Å². The molecule has 0 spiro atoms. The van der Waals surface area contributed by atoms with Gasteiger partial charge in [0.15, 0.2) is 7.37 Å². The van der Waals surface area contributed by atoms with Crippen LogP contribution in [-0.2, 0) is 11.2 Å². The summed E-state index contributed by atoms with van der Waals surface area (Å²) in [6, 6.07) is 19.1. The average Bonchev–Trinajstić information content (AvgIpc) is 2.77. The van der Waals surface area contributed by atoms with Gasteiger partial charge >= 0.3 is 0 Å². The molecule has 0 aliphatic carbocycles. The highest BCUT2D eigenvalue weighted by atomic mass is 31.2. The van der Waals surface area contributed by atoms with Crippen molar-refractivity contribution in [2.45, 2.75) is 60.0 Å². The second-order valence-electron chi connectivity index (χ2n) is 11.0. The zero-order valence-electron chi connectivity index (χ0n) is 21.9. The molecular weight excluding hydrogens is 458 g/mol. The molecule has 3 rings (SSSR count). The number of ether oxygens (including phenoxy) is 1. The van der Waals surface area contributed by atoms with Crippen LogP contribution < -0.4 is 4.74 Å². The molecule has 0 bridgehead atoms. The van der Waals surface area contributed by atoms with Gasteiger partial charge in [0.25, 0.3) is 0 Å². The van der Waals surface area contributed by atoms with E-state index in [-0.39, 0.29) is 29.2 Å². The summed E-state index contributed by atoms with van der Waals surface area (Å²) in [5.41, 5.74) is 5.67. The van der Waals surface area contributed by atoms with Crippen LogP contribution in [0.1, 0.15) is 68.7 Å². The molecule has 0 radical (unpaired) electrons. The van der Waals surface area contributed by atoms with E-state index in [1.807, 2.05) is 56.3 Å². The standard InChI is InChI=1S/C30H38FO3P/c1-20-11-14-29(31)28(15-20)26-13-12-23(16-27(26)22(3)30(4,5)6)18-34-25-10-8-9-24(17-25)21(2)19-35(7,32)33/h8-17,21-22H,18-19H2,1-7H3,(H,32,33)/t21?,22-/m1/s1. The Morgan fingerprint density at radius 3 is 2.37 bits per heavy atom. The van der Waals surface area contributed by atoms with E-state index >= 15 is 0 Å². The highest BCUT2D eigenvalue weighted by Crippen LogP contribution is 2.42. The minimum absolute atomic E-state index is 0.00439. The highest BCUT2D eigenvalue weighted by molar-refractivity contribution is 7.57. The van der Waals surface area contributed by atoms with Crippen molar-refractivity contribution in [3.8, 4) is 16.9 Å². The molecule has 3 aromatic carbocycles. The van der Waals surface area contributed by atoms with Crippen molar-refractivity contribution in [3.63, 3.8) is 0 Å². The Balaban J connectivity index is 1.90. The van der Waals surface area contributed by atoms with E-state index in [9.17, 15) is 13.8 Å². The van der Waals surface area contributed by atoms with E-state index in [1.165, 1.54) is 12.7 Å². The summed E-state index contributed by atoms with van der Waals surface area (Å²) in [4.78, 5) is 9.74. The number of halogens is 1. The molecule has 3 aromatic rings. The molecular formula is C30H38FO3P. The van der Waals surface area contributed by atoms with Gasteiger partial charge in [0.05, 0.1) is 0 Å². The van der Waals surface area contributed by atoms with Crippen LogP contribution >= 0.6 is 7.37 Å². The third-order valence-electron chi connectivity index (χ3n) is 6.74. The molecule has 35 heavy (non-hydrogen) atoms. The van der Waals surface area contributed by atoms with E-state index in [2.05, 4.69) is 33.8 Å². The van der Waals surface area contributed by atoms with Crippen molar-refractivity contribution in [1.82, 2.24) is 0 Å². The van der Waals surface area contributed by atoms with Crippen molar-refractivity contribution < 1.29 is 18.6 Å². The van der Waals surface area contributed by atoms with Crippen molar-refractivity contribution in [2.24, 2.45) is 5.41 Å². The lowest BCUT2D eigenvalue weighted by Gasteiger charge is -2.30. The predicted octanol–water partition coefficient (Wildman–Crippen LogP) is 8.53. The molecule has 5 heteroatoms. The third-order valence-corrected chi connectivity index (χ3v) is 7.96. The second kappa shape index (κ2) is 10.7. The number of hydrogen-bond acceptors (Lipinski definition) is 2. The van der Waals surface area contributed by atoms with Crippen LogP contribution in [0.5, 0.6) is 5.75 Å². The number of hydrogen-bond donors (Lipinski definition) is 1. The lowest BCUT2D eigenvalue weighted by atomic mass is 9.75. The lowest BCUT2D eigenvalue weighted by Crippen LogP contribution is -2.16. The maximum atomic E-state index is 14.8. The first-order valence-corrected chi connectivity index (χ1v) is 14.4. The van der Waals surface area contributed by atoms with Crippen LogP contribution in [0.25, 0.3) is 11.1 Å². The van der Waals surface area contributed by atoms with Crippen LogP contribution in [0, 0.1) is 18.2 Å². The summed E-state index contributed by atoms with van der Waals surface area (Å²) in [5.74, 6) is 0.664. The Morgan fingerprint density at radius 2 is 1.71 bits per heavy atom. The van der Waals surface area contributed by atoms with Crippen molar-refractivity contribution in [3.05, 3.63) is 88.7 Å². The van der Waals surface area contributed by atoms with E-state index in [0.717, 1.165) is 33.6 Å². The first-order valence-electron chi connectivity index (χ1n) is 12.2. The molecule has 0 saturated carbocycles. The van der Waals surface area contributed by atoms with Gasteiger partial charge in [-0.3, -0.25) is 4.57 Å². The van der Waals surface area contributed by atoms with E-state index in [0.29, 0.717) is 12.2 Å². The normalized spacial score (nSPS) is 15.3. The highest BCUT2D eigenvalue weighted by Gasteiger charge is 2.25. The van der Waals surface area contributed by atoms with Crippen molar-refractivity contribution in [2.75, 3.05) is 12.8 Å². The molecule has 0 amide bonds. The Morgan fingerprint density at radius 1 is 1.00 bits per heavy atom. The SMILES string of the molecule is Cc1ccc(F)c(-c2ccc(COc3cccc(C(C)CP(C)(=O)O)c3)cc2[C@@H](C)C(C)(C)C)c1. The second-order valence-corrected chi connectivity index (χ2v) is 13.5. The predicted molar refractivity (Wildman–Crippen MR) is 144 cm³/mol. The van der Waals surface area contributed by atoms with Crippen molar-refractivity contribution in [1.29, 1.82) is 0 Å². The molecule has 3 nitrogen and oxygen atoms in total. The molecule has 188 valence electrons. The van der Waals surface area contributed by atoms with Crippen LogP contribution in [-0.4, -0.2) is 17.7 Å². The first kappa shape index (κ1) is 27.2. The van der Waals surface area contributed by atoms with Crippen LogP contribution in [0.3, 0.4) is 0 Å². The Hall–Kier alpha value is -2.42. The van der Waals surface area contributed by atoms with Gasteiger partial charge < -0.3 is 9.63 Å². The minimum atomic E-state index is -3.10. The zero-order chi connectivity index (χ0) is 26.0. The molecule has 0 saturated heterocycles. The maximum Gasteiger partial charge on any atom is 0.198 e. The molecule has 1 N–H and O–H groups in total. The maximum absolute atomic E-state index is 14.8. The van der Waals surface area contributed by atoms with Gasteiger partial charge in [-0.15, -0.1) is 0 Å². The van der Waals surface area contributed by atoms with Crippen molar-refractivity contribution >= 4 is 7.37 Å². The summed E-state index contributed by atoms with van der Waals surface area (Å²) < 4.78 is 32.8. The molecule has 0 aliphatic rings. The molecule has 0 heterocycles. The minimum Gasteiger partial charge on any atom is -0.489 e. The van der Waals surface area contributed by atoms with Crippen LogP contribution in [0.4, 0.5) is 4.39 Å². The summed E-state index contributed by atoms with van der Waals surface area (Å²) in [5, 5.41) is 0. The molecule has 0 fully saturated rings. The summed E-state index contributed by atoms with van der Waals surface area (Å²) in [6.07, 6.45) is 0.238. The van der Waals surface area contributed by atoms with Gasteiger partial charge in [0.2, 0.25) is 0 Å². The van der Waals surface area contributed by atoms with E-state index < -0.39 is 7.37 Å². The smallest absolute Gasteiger partial charge is 0.198 e. The van der Waals surface area contributed by atoms with Gasteiger partial charge in [0, 0.05) is 18.4 Å². The summed E-state index contributed by atoms with van der Waals surface area (Å²) >= 11 is 0. The third kappa shape index (κ3) is 7.29. The molecule has 0 aromatic heterocycles. The van der Waals surface area contributed by atoms with Gasteiger partial charge in [-0.2, -0.15) is 0 Å². The monoisotopic (exact) mass is 496 g/mol. The Kier molecular flexibility index (Phi) is 8.29. The van der Waals surface area contributed by atoms with E-state index in [1.54, 1.807) is 6.07 Å². The first-order chi connectivity index (χ1) is 16.2. The number of benzene rings is 3. The van der Waals surface area contributed by atoms with Crippen LogP contribution in [0.15, 0.2) is 60.7 Å². The molecule has 2 unspecified atom stereocenters. The fourth-order valence-electron chi connectivity index (χ4n) is 4.31. The number of aryl methyl sites for hydroxylation is 1. The molecule has 0 aliphatic heterocycles. The average molecular weight is 497 g/mol. The Bertz CT molecular complexity index is 1220. The topological polar surface area (TPSA) is 46.5 Å². The largest absolute Gasteiger partial charge is 0.489 e. The summed E-state index contributed by atoms with van der Waals surface area (Å²) in [6.45, 7) is 14.5. The quantitative estimate of drug-likeness (QED) is 0.318. The lowest BCUT2D eigenvalue weighted by molar-refractivity contribution is 0.304. The van der Waals surface area contributed by atoms with Gasteiger partial charge in [-0.05, 0) is 70.7 Å². The number of rotatable bonds is 8.